The number of allylic oxidation sites excluding steroid dienone is 3. The van der Waals surface area contributed by atoms with Crippen LogP contribution in [0.15, 0.2) is 72.8 Å². The zero-order valence-electron chi connectivity index (χ0n) is 10.7. The number of rotatable bonds is 4. The summed E-state index contributed by atoms with van der Waals surface area (Å²) in [6.45, 7) is 2.19. The number of benzene rings is 2. The summed E-state index contributed by atoms with van der Waals surface area (Å²) < 4.78 is 0. The van der Waals surface area contributed by atoms with E-state index in [2.05, 4.69) is 79.7 Å². The molecule has 0 N–H and O–H groups in total. The molecule has 0 aliphatic rings. The van der Waals surface area contributed by atoms with Crippen LogP contribution in [0, 0.1) is 0 Å². The van der Waals surface area contributed by atoms with Crippen molar-refractivity contribution in [2.45, 2.75) is 13.3 Å². The Bertz CT molecular complexity index is 518. The third kappa shape index (κ3) is 3.46. The first kappa shape index (κ1) is 12.4. The molecule has 0 spiro atoms. The summed E-state index contributed by atoms with van der Waals surface area (Å²) in [6, 6.07) is 20.9. The van der Waals surface area contributed by atoms with E-state index in [1.54, 1.807) is 0 Å². The largest absolute Gasteiger partial charge is 0.0622 e. The van der Waals surface area contributed by atoms with Gasteiger partial charge in [-0.1, -0.05) is 85.8 Å². The van der Waals surface area contributed by atoms with Crippen LogP contribution in [0.25, 0.3) is 11.6 Å². The molecule has 0 saturated carbocycles. The van der Waals surface area contributed by atoms with Crippen molar-refractivity contribution >= 4 is 11.6 Å². The monoisotopic (exact) mass is 234 g/mol. The first-order valence-corrected chi connectivity index (χ1v) is 6.38. The summed E-state index contributed by atoms with van der Waals surface area (Å²) in [5, 5.41) is 0. The Balaban J connectivity index is 2.14. The van der Waals surface area contributed by atoms with Gasteiger partial charge in [0.05, 0.1) is 0 Å². The Kier molecular flexibility index (Phi) is 4.54. The lowest BCUT2D eigenvalue weighted by atomic mass is 10.0. The molecule has 0 nitrogen and oxygen atoms in total. The maximum absolute atomic E-state index is 2.20. The molecule has 0 aliphatic carbocycles. The van der Waals surface area contributed by atoms with Gasteiger partial charge in [0, 0.05) is 0 Å². The predicted molar refractivity (Wildman–Crippen MR) is 80.2 cm³/mol. The van der Waals surface area contributed by atoms with Crippen molar-refractivity contribution in [2.75, 3.05) is 0 Å². The highest BCUT2D eigenvalue weighted by Crippen LogP contribution is 2.17. The molecule has 0 heteroatoms. The third-order valence-corrected chi connectivity index (χ3v) is 2.91. The first-order chi connectivity index (χ1) is 8.90. The third-order valence-electron chi connectivity index (χ3n) is 2.91. The Morgan fingerprint density at radius 2 is 1.50 bits per heavy atom. The molecule has 0 atom stereocenters. The van der Waals surface area contributed by atoms with E-state index in [0.717, 1.165) is 6.42 Å². The predicted octanol–water partition coefficient (Wildman–Crippen LogP) is 5.19. The molecular formula is C18H18. The standard InChI is InChI=1S/C18H18/c1-2-17(18-13-7-4-8-14-18)15-9-12-16-10-5-3-6-11-16/h3-15H,2H2,1H3. The summed E-state index contributed by atoms with van der Waals surface area (Å²) >= 11 is 0. The van der Waals surface area contributed by atoms with Crippen LogP contribution in [0.3, 0.4) is 0 Å². The van der Waals surface area contributed by atoms with Gasteiger partial charge >= 0.3 is 0 Å². The molecule has 0 amide bonds. The second kappa shape index (κ2) is 6.61. The van der Waals surface area contributed by atoms with E-state index in [4.69, 9.17) is 0 Å². The molecule has 2 aromatic carbocycles. The van der Waals surface area contributed by atoms with E-state index >= 15 is 0 Å². The van der Waals surface area contributed by atoms with Crippen LogP contribution in [0.2, 0.25) is 0 Å². The second-order valence-electron chi connectivity index (χ2n) is 4.18. The molecule has 0 aliphatic heterocycles. The van der Waals surface area contributed by atoms with E-state index in [0.29, 0.717) is 0 Å². The normalized spacial score (nSPS) is 11.9. The van der Waals surface area contributed by atoms with Crippen molar-refractivity contribution in [3.05, 3.63) is 83.9 Å². The Morgan fingerprint density at radius 3 is 2.11 bits per heavy atom. The molecule has 2 rings (SSSR count). The van der Waals surface area contributed by atoms with Crippen molar-refractivity contribution in [1.82, 2.24) is 0 Å². The molecule has 0 unspecified atom stereocenters. The zero-order valence-corrected chi connectivity index (χ0v) is 10.7. The highest BCUT2D eigenvalue weighted by molar-refractivity contribution is 5.68. The van der Waals surface area contributed by atoms with Gasteiger partial charge in [-0.25, -0.2) is 0 Å². The topological polar surface area (TPSA) is 0 Å². The molecule has 18 heavy (non-hydrogen) atoms. The van der Waals surface area contributed by atoms with Gasteiger partial charge < -0.3 is 0 Å². The van der Waals surface area contributed by atoms with Gasteiger partial charge in [0.1, 0.15) is 0 Å². The van der Waals surface area contributed by atoms with Crippen molar-refractivity contribution in [3.8, 4) is 0 Å². The van der Waals surface area contributed by atoms with Gasteiger partial charge in [-0.3, -0.25) is 0 Å². The molecule has 0 radical (unpaired) electrons. The Hall–Kier alpha value is -2.08. The Labute approximate surface area is 109 Å². The van der Waals surface area contributed by atoms with Crippen LogP contribution >= 0.6 is 0 Å². The second-order valence-corrected chi connectivity index (χ2v) is 4.18. The lowest BCUT2D eigenvalue weighted by Crippen LogP contribution is -1.80. The van der Waals surface area contributed by atoms with Gasteiger partial charge in [0.2, 0.25) is 0 Å². The van der Waals surface area contributed by atoms with E-state index in [1.807, 2.05) is 6.07 Å². The van der Waals surface area contributed by atoms with Crippen LogP contribution in [-0.2, 0) is 0 Å². The van der Waals surface area contributed by atoms with Crippen molar-refractivity contribution < 1.29 is 0 Å². The van der Waals surface area contributed by atoms with Crippen LogP contribution in [0.1, 0.15) is 24.5 Å². The van der Waals surface area contributed by atoms with Gasteiger partial charge in [-0.2, -0.15) is 0 Å². The summed E-state index contributed by atoms with van der Waals surface area (Å²) in [5.41, 5.74) is 3.90. The minimum atomic E-state index is 1.04. The summed E-state index contributed by atoms with van der Waals surface area (Å²) in [7, 11) is 0. The fourth-order valence-corrected chi connectivity index (χ4v) is 1.91. The number of hydrogen-bond donors (Lipinski definition) is 0. The highest BCUT2D eigenvalue weighted by Gasteiger charge is 1.95. The van der Waals surface area contributed by atoms with Crippen molar-refractivity contribution in [1.29, 1.82) is 0 Å². The van der Waals surface area contributed by atoms with Crippen LogP contribution in [-0.4, -0.2) is 0 Å². The van der Waals surface area contributed by atoms with E-state index in [1.165, 1.54) is 16.7 Å². The molecule has 90 valence electrons. The van der Waals surface area contributed by atoms with Gasteiger partial charge in [0.25, 0.3) is 0 Å². The summed E-state index contributed by atoms with van der Waals surface area (Å²) in [4.78, 5) is 0. The van der Waals surface area contributed by atoms with Crippen molar-refractivity contribution in [3.63, 3.8) is 0 Å². The summed E-state index contributed by atoms with van der Waals surface area (Å²) in [5.74, 6) is 0. The van der Waals surface area contributed by atoms with Crippen LogP contribution in [0.5, 0.6) is 0 Å². The minimum Gasteiger partial charge on any atom is -0.0622 e. The number of hydrogen-bond acceptors (Lipinski definition) is 0. The molecular weight excluding hydrogens is 216 g/mol. The fourth-order valence-electron chi connectivity index (χ4n) is 1.91. The smallest absolute Gasteiger partial charge is 0.0225 e. The van der Waals surface area contributed by atoms with Gasteiger partial charge in [-0.15, -0.1) is 0 Å². The lowest BCUT2D eigenvalue weighted by Gasteiger charge is -2.02. The minimum absolute atomic E-state index is 1.04. The maximum atomic E-state index is 2.20. The zero-order chi connectivity index (χ0) is 12.6. The van der Waals surface area contributed by atoms with Crippen molar-refractivity contribution in [2.24, 2.45) is 0 Å². The molecule has 0 fully saturated rings. The SMILES string of the molecule is CCC(=CC=Cc1ccccc1)c1ccccc1. The Morgan fingerprint density at radius 1 is 0.889 bits per heavy atom. The van der Waals surface area contributed by atoms with E-state index < -0.39 is 0 Å². The quantitative estimate of drug-likeness (QED) is 0.638. The van der Waals surface area contributed by atoms with Crippen LogP contribution in [0.4, 0.5) is 0 Å². The maximum Gasteiger partial charge on any atom is -0.0225 e. The van der Waals surface area contributed by atoms with Gasteiger partial charge in [0.15, 0.2) is 0 Å². The van der Waals surface area contributed by atoms with Gasteiger partial charge in [-0.05, 0) is 23.1 Å². The molecule has 0 aromatic heterocycles. The highest BCUT2D eigenvalue weighted by atomic mass is 14.0. The first-order valence-electron chi connectivity index (χ1n) is 6.38. The average Bonchev–Trinajstić information content (AvgIpc) is 2.46. The van der Waals surface area contributed by atoms with Crippen LogP contribution < -0.4 is 0 Å². The summed E-state index contributed by atoms with van der Waals surface area (Å²) in [6.07, 6.45) is 7.51. The molecule has 2 aromatic rings. The molecule has 0 heterocycles. The molecule has 0 bridgehead atoms. The molecule has 0 saturated heterocycles. The van der Waals surface area contributed by atoms with E-state index in [9.17, 15) is 0 Å². The fraction of sp³-hybridized carbons (Fsp3) is 0.111. The average molecular weight is 234 g/mol. The lowest BCUT2D eigenvalue weighted by molar-refractivity contribution is 1.24. The van der Waals surface area contributed by atoms with E-state index in [-0.39, 0.29) is 0 Å².